The maximum absolute atomic E-state index is 12.5. The SMILES string of the molecule is COC(=O)[C@]1(C)C[C@@]2(c3ccccc3)c3cc(Cl)ccc3NC(=O)CN2O1. The van der Waals surface area contributed by atoms with Gasteiger partial charge in [-0.25, -0.2) is 4.79 Å². The molecule has 2 aliphatic heterocycles. The number of ether oxygens (including phenoxy) is 1. The van der Waals surface area contributed by atoms with Crippen molar-refractivity contribution >= 4 is 29.2 Å². The van der Waals surface area contributed by atoms with Crippen LogP contribution in [-0.2, 0) is 24.7 Å². The third-order valence-corrected chi connectivity index (χ3v) is 5.42. The topological polar surface area (TPSA) is 67.9 Å². The van der Waals surface area contributed by atoms with Gasteiger partial charge in [-0.1, -0.05) is 41.9 Å². The van der Waals surface area contributed by atoms with Crippen molar-refractivity contribution < 1.29 is 19.2 Å². The Morgan fingerprint density at radius 1 is 1.26 bits per heavy atom. The molecule has 27 heavy (non-hydrogen) atoms. The molecule has 0 aliphatic carbocycles. The summed E-state index contributed by atoms with van der Waals surface area (Å²) >= 11 is 6.30. The monoisotopic (exact) mass is 386 g/mol. The van der Waals surface area contributed by atoms with E-state index in [2.05, 4.69) is 5.32 Å². The number of amides is 1. The fourth-order valence-corrected chi connectivity index (χ4v) is 4.23. The average Bonchev–Trinajstić information content (AvgIpc) is 2.91. The van der Waals surface area contributed by atoms with Gasteiger partial charge in [0.25, 0.3) is 0 Å². The largest absolute Gasteiger partial charge is 0.467 e. The molecule has 2 aliphatic rings. The predicted octanol–water partition coefficient (Wildman–Crippen LogP) is 3.10. The van der Waals surface area contributed by atoms with Crippen molar-refractivity contribution in [3.63, 3.8) is 0 Å². The van der Waals surface area contributed by atoms with Crippen molar-refractivity contribution in [1.29, 1.82) is 0 Å². The molecule has 0 saturated carbocycles. The number of halogens is 1. The maximum Gasteiger partial charge on any atom is 0.340 e. The van der Waals surface area contributed by atoms with E-state index in [-0.39, 0.29) is 18.9 Å². The van der Waals surface area contributed by atoms with E-state index in [0.717, 1.165) is 11.1 Å². The van der Waals surface area contributed by atoms with Crippen molar-refractivity contribution in [2.75, 3.05) is 19.0 Å². The van der Waals surface area contributed by atoms with Gasteiger partial charge in [0.05, 0.1) is 7.11 Å². The van der Waals surface area contributed by atoms with Crippen LogP contribution >= 0.6 is 11.6 Å². The summed E-state index contributed by atoms with van der Waals surface area (Å²) < 4.78 is 4.98. The van der Waals surface area contributed by atoms with Gasteiger partial charge >= 0.3 is 5.97 Å². The Kier molecular flexibility index (Phi) is 4.22. The number of esters is 1. The van der Waals surface area contributed by atoms with Crippen LogP contribution in [0.15, 0.2) is 48.5 Å². The van der Waals surface area contributed by atoms with Crippen LogP contribution in [0, 0.1) is 0 Å². The highest BCUT2D eigenvalue weighted by Crippen LogP contribution is 2.53. The van der Waals surface area contributed by atoms with Crippen molar-refractivity contribution in [3.05, 3.63) is 64.7 Å². The van der Waals surface area contributed by atoms with Gasteiger partial charge in [-0.2, -0.15) is 5.06 Å². The smallest absolute Gasteiger partial charge is 0.340 e. The quantitative estimate of drug-likeness (QED) is 0.803. The van der Waals surface area contributed by atoms with Gasteiger partial charge in [0.2, 0.25) is 5.91 Å². The van der Waals surface area contributed by atoms with Crippen molar-refractivity contribution in [2.45, 2.75) is 24.5 Å². The Labute approximate surface area is 162 Å². The first kappa shape index (κ1) is 18.0. The maximum atomic E-state index is 12.5. The molecular formula is C20H19ClN2O4. The first-order valence-corrected chi connectivity index (χ1v) is 8.97. The number of hydrogen-bond acceptors (Lipinski definition) is 5. The Morgan fingerprint density at radius 3 is 2.70 bits per heavy atom. The number of nitrogens with zero attached hydrogens (tertiary/aromatic N) is 1. The van der Waals surface area contributed by atoms with Gasteiger partial charge in [-0.05, 0) is 30.7 Å². The summed E-state index contributed by atoms with van der Waals surface area (Å²) in [6, 6.07) is 15.0. The van der Waals surface area contributed by atoms with E-state index < -0.39 is 17.1 Å². The van der Waals surface area contributed by atoms with Gasteiger partial charge in [0.1, 0.15) is 12.1 Å². The lowest BCUT2D eigenvalue weighted by molar-refractivity contribution is -0.222. The van der Waals surface area contributed by atoms with Crippen LogP contribution in [0.4, 0.5) is 5.69 Å². The highest BCUT2D eigenvalue weighted by Gasteiger charge is 2.60. The lowest BCUT2D eigenvalue weighted by atomic mass is 9.75. The molecule has 0 radical (unpaired) electrons. The lowest BCUT2D eigenvalue weighted by Crippen LogP contribution is -2.42. The molecule has 0 bridgehead atoms. The molecule has 2 atom stereocenters. The first-order chi connectivity index (χ1) is 12.9. The van der Waals surface area contributed by atoms with Gasteiger partial charge < -0.3 is 10.1 Å². The summed E-state index contributed by atoms with van der Waals surface area (Å²) in [5.41, 5.74) is 0.219. The van der Waals surface area contributed by atoms with Gasteiger partial charge in [0.15, 0.2) is 5.60 Å². The van der Waals surface area contributed by atoms with Crippen LogP contribution in [0.2, 0.25) is 5.02 Å². The van der Waals surface area contributed by atoms with E-state index in [1.54, 1.807) is 24.1 Å². The Bertz CT molecular complexity index is 919. The van der Waals surface area contributed by atoms with Crippen LogP contribution in [0.25, 0.3) is 0 Å². The van der Waals surface area contributed by atoms with Crippen LogP contribution in [0.1, 0.15) is 24.5 Å². The zero-order chi connectivity index (χ0) is 19.2. The minimum absolute atomic E-state index is 0.0340. The van der Waals surface area contributed by atoms with Crippen LogP contribution in [0.5, 0.6) is 0 Å². The van der Waals surface area contributed by atoms with Crippen LogP contribution in [0.3, 0.4) is 0 Å². The molecule has 0 aromatic heterocycles. The second-order valence-electron chi connectivity index (χ2n) is 6.99. The predicted molar refractivity (Wildman–Crippen MR) is 100 cm³/mol. The van der Waals surface area contributed by atoms with E-state index in [0.29, 0.717) is 10.7 Å². The molecule has 1 fully saturated rings. The minimum atomic E-state index is -1.23. The van der Waals surface area contributed by atoms with Gasteiger partial charge in [-0.15, -0.1) is 0 Å². The summed E-state index contributed by atoms with van der Waals surface area (Å²) in [4.78, 5) is 31.1. The molecule has 7 heteroatoms. The Morgan fingerprint density at radius 2 is 2.00 bits per heavy atom. The zero-order valence-electron chi connectivity index (χ0n) is 15.0. The number of carbonyl (C=O) groups excluding carboxylic acids is 2. The van der Waals surface area contributed by atoms with E-state index in [1.165, 1.54) is 7.11 Å². The molecule has 1 saturated heterocycles. The molecule has 2 heterocycles. The molecule has 1 amide bonds. The number of methoxy groups -OCH3 is 1. The molecule has 2 aromatic rings. The van der Waals surface area contributed by atoms with Crippen LogP contribution < -0.4 is 5.32 Å². The molecule has 6 nitrogen and oxygen atoms in total. The lowest BCUT2D eigenvalue weighted by Gasteiger charge is -2.35. The van der Waals surface area contributed by atoms with E-state index >= 15 is 0 Å². The third kappa shape index (κ3) is 2.72. The number of fused-ring (bicyclic) bond motifs is 3. The summed E-state index contributed by atoms with van der Waals surface area (Å²) in [5, 5.41) is 5.02. The number of hydrogen-bond donors (Lipinski definition) is 1. The number of carbonyl (C=O) groups is 2. The fourth-order valence-electron chi connectivity index (χ4n) is 4.06. The number of rotatable bonds is 2. The van der Waals surface area contributed by atoms with E-state index in [9.17, 15) is 9.59 Å². The first-order valence-electron chi connectivity index (χ1n) is 8.60. The number of nitrogens with one attached hydrogen (secondary N) is 1. The van der Waals surface area contributed by atoms with Crippen LogP contribution in [-0.4, -0.2) is 36.2 Å². The van der Waals surface area contributed by atoms with Crippen molar-refractivity contribution in [1.82, 2.24) is 5.06 Å². The Balaban J connectivity index is 2.01. The number of hydroxylamine groups is 2. The molecule has 0 spiro atoms. The molecule has 140 valence electrons. The number of anilines is 1. The van der Waals surface area contributed by atoms with Crippen molar-refractivity contribution in [2.24, 2.45) is 0 Å². The third-order valence-electron chi connectivity index (χ3n) is 5.19. The summed E-state index contributed by atoms with van der Waals surface area (Å²) in [7, 11) is 1.33. The normalized spacial score (nSPS) is 27.3. The fraction of sp³-hybridized carbons (Fsp3) is 0.300. The highest BCUT2D eigenvalue weighted by atomic mass is 35.5. The second-order valence-corrected chi connectivity index (χ2v) is 7.43. The zero-order valence-corrected chi connectivity index (χ0v) is 15.7. The molecule has 0 unspecified atom stereocenters. The minimum Gasteiger partial charge on any atom is -0.467 e. The standard InChI is InChI=1S/C20H19ClN2O4/c1-19(18(25)26-2)12-20(13-6-4-3-5-7-13)15-10-14(21)8-9-16(15)22-17(24)11-23(20)27-19/h3-10H,11-12H2,1-2H3,(H,22,24)/t19-,20+/m0/s1. The second kappa shape index (κ2) is 6.34. The summed E-state index contributed by atoms with van der Waals surface area (Å²) in [6.07, 6.45) is 0.277. The summed E-state index contributed by atoms with van der Waals surface area (Å²) in [6.45, 7) is 1.65. The molecule has 1 N–H and O–H groups in total. The summed E-state index contributed by atoms with van der Waals surface area (Å²) in [5.74, 6) is -0.722. The van der Waals surface area contributed by atoms with Gasteiger partial charge in [0, 0.05) is 22.7 Å². The molecular weight excluding hydrogens is 368 g/mol. The van der Waals surface area contributed by atoms with E-state index in [4.69, 9.17) is 21.2 Å². The van der Waals surface area contributed by atoms with Crippen molar-refractivity contribution in [3.8, 4) is 0 Å². The average molecular weight is 387 g/mol. The molecule has 4 rings (SSSR count). The number of benzene rings is 2. The Hall–Kier alpha value is -2.41. The highest BCUT2D eigenvalue weighted by molar-refractivity contribution is 6.30. The van der Waals surface area contributed by atoms with E-state index in [1.807, 2.05) is 36.4 Å². The van der Waals surface area contributed by atoms with Gasteiger partial charge in [-0.3, -0.25) is 9.63 Å². The molecule has 2 aromatic carbocycles.